The molecule has 0 unspecified atom stereocenters. The molecule has 0 aromatic carbocycles. The second-order valence-corrected chi connectivity index (χ2v) is 2.75. The van der Waals surface area contributed by atoms with Gasteiger partial charge in [0.1, 0.15) is 0 Å². The third-order valence-electron chi connectivity index (χ3n) is 1.78. The lowest BCUT2D eigenvalue weighted by molar-refractivity contribution is -0.120. The van der Waals surface area contributed by atoms with E-state index >= 15 is 0 Å². The number of aryl methyl sites for hydroxylation is 1. The van der Waals surface area contributed by atoms with Crippen LogP contribution in [0.25, 0.3) is 0 Å². The minimum absolute atomic E-state index is 0.0146. The first-order valence-corrected chi connectivity index (χ1v) is 4.31. The molecule has 5 nitrogen and oxygen atoms in total. The average molecular weight is 195 g/mol. The molecule has 0 spiro atoms. The SMILES string of the molecule is CNC(=O)CCc1cnc(OC)nc1. The number of hydrogen-bond donors (Lipinski definition) is 1. The fraction of sp³-hybridized carbons (Fsp3) is 0.444. The van der Waals surface area contributed by atoms with Gasteiger partial charge < -0.3 is 10.1 Å². The van der Waals surface area contributed by atoms with Crippen molar-refractivity contribution in [1.29, 1.82) is 0 Å². The maximum Gasteiger partial charge on any atom is 0.316 e. The second-order valence-electron chi connectivity index (χ2n) is 2.75. The fourth-order valence-electron chi connectivity index (χ4n) is 0.960. The minimum atomic E-state index is 0.0146. The normalized spacial score (nSPS) is 9.57. The van der Waals surface area contributed by atoms with Crippen LogP contribution in [0.5, 0.6) is 6.01 Å². The lowest BCUT2D eigenvalue weighted by atomic mass is 10.2. The van der Waals surface area contributed by atoms with Gasteiger partial charge in [-0.2, -0.15) is 0 Å². The summed E-state index contributed by atoms with van der Waals surface area (Å²) < 4.78 is 4.81. The van der Waals surface area contributed by atoms with E-state index in [1.165, 1.54) is 7.11 Å². The summed E-state index contributed by atoms with van der Waals surface area (Å²) >= 11 is 0. The number of ether oxygens (including phenoxy) is 1. The van der Waals surface area contributed by atoms with Gasteiger partial charge in [0.05, 0.1) is 7.11 Å². The lowest BCUT2D eigenvalue weighted by Gasteiger charge is -2.00. The molecule has 1 aromatic rings. The Morgan fingerprint density at radius 3 is 2.64 bits per heavy atom. The van der Waals surface area contributed by atoms with Crippen LogP contribution < -0.4 is 10.1 Å². The van der Waals surface area contributed by atoms with Gasteiger partial charge in [-0.15, -0.1) is 0 Å². The molecule has 1 rings (SSSR count). The molecule has 1 heterocycles. The molecule has 1 amide bonds. The van der Waals surface area contributed by atoms with Crippen LogP contribution in [0.3, 0.4) is 0 Å². The zero-order valence-corrected chi connectivity index (χ0v) is 8.28. The number of nitrogens with one attached hydrogen (secondary N) is 1. The van der Waals surface area contributed by atoms with E-state index < -0.39 is 0 Å². The van der Waals surface area contributed by atoms with Crippen molar-refractivity contribution < 1.29 is 9.53 Å². The van der Waals surface area contributed by atoms with Gasteiger partial charge in [-0.3, -0.25) is 4.79 Å². The maximum absolute atomic E-state index is 10.9. The minimum Gasteiger partial charge on any atom is -0.467 e. The summed E-state index contributed by atoms with van der Waals surface area (Å²) in [7, 11) is 3.13. The first-order valence-electron chi connectivity index (χ1n) is 4.31. The molecule has 0 fully saturated rings. The number of hydrogen-bond acceptors (Lipinski definition) is 4. The van der Waals surface area contributed by atoms with Crippen molar-refractivity contribution in [3.63, 3.8) is 0 Å². The Morgan fingerprint density at radius 2 is 2.14 bits per heavy atom. The molecule has 14 heavy (non-hydrogen) atoms. The molecule has 0 saturated carbocycles. The Kier molecular flexibility index (Phi) is 3.84. The zero-order valence-electron chi connectivity index (χ0n) is 8.28. The second kappa shape index (κ2) is 5.16. The Balaban J connectivity index is 2.47. The number of aromatic nitrogens is 2. The van der Waals surface area contributed by atoms with Crippen LogP contribution in [0.1, 0.15) is 12.0 Å². The predicted octanol–water partition coefficient (Wildman–Crippen LogP) is 0.164. The van der Waals surface area contributed by atoms with Gasteiger partial charge in [-0.1, -0.05) is 0 Å². The smallest absolute Gasteiger partial charge is 0.316 e. The van der Waals surface area contributed by atoms with Gasteiger partial charge in [0.25, 0.3) is 0 Å². The standard InChI is InChI=1S/C9H13N3O2/c1-10-8(13)4-3-7-5-11-9(14-2)12-6-7/h5-6H,3-4H2,1-2H3,(H,10,13). The van der Waals surface area contributed by atoms with Gasteiger partial charge >= 0.3 is 6.01 Å². The number of amides is 1. The largest absolute Gasteiger partial charge is 0.467 e. The number of carbonyl (C=O) groups is 1. The fourth-order valence-corrected chi connectivity index (χ4v) is 0.960. The number of carbonyl (C=O) groups excluding carboxylic acids is 1. The van der Waals surface area contributed by atoms with Gasteiger partial charge in [0.2, 0.25) is 5.91 Å². The van der Waals surface area contributed by atoms with Crippen molar-refractivity contribution in [3.05, 3.63) is 18.0 Å². The van der Waals surface area contributed by atoms with Crippen molar-refractivity contribution in [3.8, 4) is 6.01 Å². The van der Waals surface area contributed by atoms with Crippen molar-refractivity contribution in [2.75, 3.05) is 14.2 Å². The van der Waals surface area contributed by atoms with Crippen LogP contribution >= 0.6 is 0 Å². The van der Waals surface area contributed by atoms with E-state index in [4.69, 9.17) is 4.74 Å². The molecule has 5 heteroatoms. The molecular formula is C9H13N3O2. The number of nitrogens with zero attached hydrogens (tertiary/aromatic N) is 2. The van der Waals surface area contributed by atoms with E-state index in [-0.39, 0.29) is 5.91 Å². The van der Waals surface area contributed by atoms with Gasteiger partial charge in [-0.25, -0.2) is 9.97 Å². The van der Waals surface area contributed by atoms with Crippen LogP contribution in [-0.2, 0) is 11.2 Å². The Bertz CT molecular complexity index is 297. The van der Waals surface area contributed by atoms with E-state index in [2.05, 4.69) is 15.3 Å². The number of rotatable bonds is 4. The summed E-state index contributed by atoms with van der Waals surface area (Å²) in [6.07, 6.45) is 4.42. The third kappa shape index (κ3) is 3.01. The van der Waals surface area contributed by atoms with Crippen LogP contribution in [-0.4, -0.2) is 30.0 Å². The van der Waals surface area contributed by atoms with Gasteiger partial charge in [0.15, 0.2) is 0 Å². The highest BCUT2D eigenvalue weighted by Gasteiger charge is 2.01. The van der Waals surface area contributed by atoms with E-state index in [0.29, 0.717) is 18.9 Å². The van der Waals surface area contributed by atoms with Crippen LogP contribution in [0, 0.1) is 0 Å². The molecule has 76 valence electrons. The van der Waals surface area contributed by atoms with Crippen molar-refractivity contribution in [2.45, 2.75) is 12.8 Å². The quantitative estimate of drug-likeness (QED) is 0.743. The van der Waals surface area contributed by atoms with E-state index in [9.17, 15) is 4.79 Å². The highest BCUT2D eigenvalue weighted by Crippen LogP contribution is 2.03. The monoisotopic (exact) mass is 195 g/mol. The van der Waals surface area contributed by atoms with Gasteiger partial charge in [-0.05, 0) is 12.0 Å². The molecule has 0 aliphatic carbocycles. The summed E-state index contributed by atoms with van der Waals surface area (Å²) in [4.78, 5) is 18.8. The van der Waals surface area contributed by atoms with Crippen molar-refractivity contribution in [2.24, 2.45) is 0 Å². The molecular weight excluding hydrogens is 182 g/mol. The molecule has 1 N–H and O–H groups in total. The summed E-state index contributed by atoms with van der Waals surface area (Å²) in [6.45, 7) is 0. The molecule has 0 atom stereocenters. The third-order valence-corrected chi connectivity index (χ3v) is 1.78. The molecule has 0 aliphatic heterocycles. The Hall–Kier alpha value is -1.65. The Morgan fingerprint density at radius 1 is 1.50 bits per heavy atom. The topological polar surface area (TPSA) is 64.1 Å². The molecule has 0 radical (unpaired) electrons. The zero-order chi connectivity index (χ0) is 10.4. The van der Waals surface area contributed by atoms with Gasteiger partial charge in [0, 0.05) is 25.9 Å². The summed E-state index contributed by atoms with van der Waals surface area (Å²) in [6, 6.07) is 0.341. The van der Waals surface area contributed by atoms with E-state index in [0.717, 1.165) is 5.56 Å². The molecule has 1 aromatic heterocycles. The lowest BCUT2D eigenvalue weighted by Crippen LogP contribution is -2.17. The highest BCUT2D eigenvalue weighted by atomic mass is 16.5. The first kappa shape index (κ1) is 10.4. The maximum atomic E-state index is 10.9. The van der Waals surface area contributed by atoms with E-state index in [1.54, 1.807) is 19.4 Å². The van der Waals surface area contributed by atoms with Crippen molar-refractivity contribution in [1.82, 2.24) is 15.3 Å². The highest BCUT2D eigenvalue weighted by molar-refractivity contribution is 5.75. The molecule has 0 saturated heterocycles. The summed E-state index contributed by atoms with van der Waals surface area (Å²) in [5.41, 5.74) is 0.925. The molecule has 0 bridgehead atoms. The van der Waals surface area contributed by atoms with Crippen LogP contribution in [0.2, 0.25) is 0 Å². The first-order chi connectivity index (χ1) is 6.76. The average Bonchev–Trinajstić information content (AvgIpc) is 2.26. The summed E-state index contributed by atoms with van der Waals surface area (Å²) in [5, 5.41) is 2.55. The number of methoxy groups -OCH3 is 1. The summed E-state index contributed by atoms with van der Waals surface area (Å²) in [5.74, 6) is 0.0146. The Labute approximate surface area is 82.5 Å². The van der Waals surface area contributed by atoms with Crippen molar-refractivity contribution >= 4 is 5.91 Å². The predicted molar refractivity (Wildman–Crippen MR) is 51.0 cm³/mol. The molecule has 0 aliphatic rings. The van der Waals surface area contributed by atoms with Crippen LogP contribution in [0.15, 0.2) is 12.4 Å². The van der Waals surface area contributed by atoms with E-state index in [1.807, 2.05) is 0 Å². The van der Waals surface area contributed by atoms with Crippen LogP contribution in [0.4, 0.5) is 0 Å².